The number of hydrogen-bond donors (Lipinski definition) is 2. The number of anilines is 1. The van der Waals surface area contributed by atoms with Gasteiger partial charge in [0, 0.05) is 21.5 Å². The van der Waals surface area contributed by atoms with Gasteiger partial charge in [0.15, 0.2) is 0 Å². The summed E-state index contributed by atoms with van der Waals surface area (Å²) in [7, 11) is 1.57. The van der Waals surface area contributed by atoms with E-state index in [1.54, 1.807) is 43.5 Å². The number of thiophene rings is 1. The Morgan fingerprint density at radius 1 is 1.15 bits per heavy atom. The molecule has 26 heavy (non-hydrogen) atoms. The minimum absolute atomic E-state index is 0.110. The molecule has 6 heteroatoms. The first-order valence-electron chi connectivity index (χ1n) is 7.70. The first-order chi connectivity index (χ1) is 12.5. The Balaban J connectivity index is 1.91. The molecule has 0 aliphatic heterocycles. The smallest absolute Gasteiger partial charge is 0.256 e. The SMILES string of the molecule is C=C(O)c1c(-c2ccc(Cl)cc2)csc1NC(=O)c1ccc(OC)cc1. The molecule has 1 heterocycles. The van der Waals surface area contributed by atoms with Crippen molar-refractivity contribution in [2.24, 2.45) is 0 Å². The first kappa shape index (κ1) is 18.0. The number of hydrogen-bond acceptors (Lipinski definition) is 4. The van der Waals surface area contributed by atoms with Crippen LogP contribution in [0.4, 0.5) is 5.00 Å². The molecule has 1 amide bonds. The molecule has 1 aromatic heterocycles. The maximum atomic E-state index is 12.5. The van der Waals surface area contributed by atoms with Crippen LogP contribution < -0.4 is 10.1 Å². The van der Waals surface area contributed by atoms with Crippen molar-refractivity contribution in [3.8, 4) is 16.9 Å². The molecule has 3 aromatic rings. The van der Waals surface area contributed by atoms with Crippen LogP contribution in [0, 0.1) is 0 Å². The molecular weight excluding hydrogens is 370 g/mol. The quantitative estimate of drug-likeness (QED) is 0.541. The second-order valence-corrected chi connectivity index (χ2v) is 6.81. The van der Waals surface area contributed by atoms with Gasteiger partial charge in [0.25, 0.3) is 5.91 Å². The van der Waals surface area contributed by atoms with Crippen LogP contribution in [0.5, 0.6) is 5.75 Å². The molecule has 0 bridgehead atoms. The summed E-state index contributed by atoms with van der Waals surface area (Å²) < 4.78 is 5.09. The van der Waals surface area contributed by atoms with E-state index in [-0.39, 0.29) is 11.7 Å². The van der Waals surface area contributed by atoms with E-state index in [9.17, 15) is 9.90 Å². The number of amides is 1. The summed E-state index contributed by atoms with van der Waals surface area (Å²) in [6, 6.07) is 14.0. The van der Waals surface area contributed by atoms with Crippen molar-refractivity contribution >= 4 is 39.6 Å². The lowest BCUT2D eigenvalue weighted by Crippen LogP contribution is -2.11. The van der Waals surface area contributed by atoms with Gasteiger partial charge in [0.1, 0.15) is 16.5 Å². The number of aliphatic hydroxyl groups is 1. The normalized spacial score (nSPS) is 10.4. The fourth-order valence-corrected chi connectivity index (χ4v) is 3.61. The van der Waals surface area contributed by atoms with Crippen LogP contribution in [0.1, 0.15) is 15.9 Å². The molecule has 3 rings (SSSR count). The molecule has 2 aromatic carbocycles. The molecule has 0 aliphatic carbocycles. The first-order valence-corrected chi connectivity index (χ1v) is 8.96. The molecule has 132 valence electrons. The van der Waals surface area contributed by atoms with Crippen molar-refractivity contribution in [1.82, 2.24) is 0 Å². The van der Waals surface area contributed by atoms with Gasteiger partial charge in [-0.15, -0.1) is 11.3 Å². The van der Waals surface area contributed by atoms with Gasteiger partial charge >= 0.3 is 0 Å². The summed E-state index contributed by atoms with van der Waals surface area (Å²) in [5.74, 6) is 0.285. The predicted molar refractivity (Wildman–Crippen MR) is 107 cm³/mol. The van der Waals surface area contributed by atoms with E-state index in [1.165, 1.54) is 11.3 Å². The van der Waals surface area contributed by atoms with Gasteiger partial charge in [-0.05, 0) is 42.0 Å². The van der Waals surface area contributed by atoms with E-state index < -0.39 is 0 Å². The maximum Gasteiger partial charge on any atom is 0.256 e. The Morgan fingerprint density at radius 2 is 1.81 bits per heavy atom. The van der Waals surface area contributed by atoms with E-state index in [1.807, 2.05) is 17.5 Å². The van der Waals surface area contributed by atoms with Gasteiger partial charge < -0.3 is 15.2 Å². The fourth-order valence-electron chi connectivity index (χ4n) is 2.50. The molecule has 0 saturated heterocycles. The third-order valence-electron chi connectivity index (χ3n) is 3.81. The molecule has 0 saturated carbocycles. The average Bonchev–Trinajstić information content (AvgIpc) is 3.06. The number of halogens is 1. The standard InChI is InChI=1S/C20H16ClNO3S/c1-12(23)18-17(13-3-7-15(21)8-4-13)11-26-20(18)22-19(24)14-5-9-16(25-2)10-6-14/h3-11,23H,1H2,2H3,(H,22,24). The van der Waals surface area contributed by atoms with Crippen molar-refractivity contribution in [1.29, 1.82) is 0 Å². The Hall–Kier alpha value is -2.76. The zero-order chi connectivity index (χ0) is 18.7. The summed E-state index contributed by atoms with van der Waals surface area (Å²) in [4.78, 5) is 12.5. The molecule has 0 radical (unpaired) electrons. The van der Waals surface area contributed by atoms with E-state index in [0.717, 1.165) is 11.1 Å². The third-order valence-corrected chi connectivity index (χ3v) is 4.96. The van der Waals surface area contributed by atoms with Crippen LogP contribution in [0.25, 0.3) is 16.9 Å². The van der Waals surface area contributed by atoms with Crippen molar-refractivity contribution in [3.05, 3.63) is 76.6 Å². The summed E-state index contributed by atoms with van der Waals surface area (Å²) in [6.07, 6.45) is 0. The van der Waals surface area contributed by atoms with E-state index in [4.69, 9.17) is 16.3 Å². The monoisotopic (exact) mass is 385 g/mol. The molecular formula is C20H16ClNO3S. The fraction of sp³-hybridized carbons (Fsp3) is 0.0500. The Labute approximate surface area is 160 Å². The third kappa shape index (κ3) is 3.74. The highest BCUT2D eigenvalue weighted by Crippen LogP contribution is 2.39. The number of benzene rings is 2. The van der Waals surface area contributed by atoms with Crippen LogP contribution >= 0.6 is 22.9 Å². The summed E-state index contributed by atoms with van der Waals surface area (Å²) in [5.41, 5.74) is 2.64. The molecule has 0 fully saturated rings. The van der Waals surface area contributed by atoms with Crippen molar-refractivity contribution in [3.63, 3.8) is 0 Å². The number of ether oxygens (including phenoxy) is 1. The largest absolute Gasteiger partial charge is 0.508 e. The highest BCUT2D eigenvalue weighted by molar-refractivity contribution is 7.15. The molecule has 0 atom stereocenters. The molecule has 0 unspecified atom stereocenters. The zero-order valence-electron chi connectivity index (χ0n) is 14.0. The second kappa shape index (κ2) is 7.64. The Kier molecular flexibility index (Phi) is 5.30. The van der Waals surface area contributed by atoms with Gasteiger partial charge in [-0.2, -0.15) is 0 Å². The van der Waals surface area contributed by atoms with Crippen molar-refractivity contribution in [2.75, 3.05) is 12.4 Å². The van der Waals surface area contributed by atoms with Gasteiger partial charge in [0.2, 0.25) is 0 Å². The number of carbonyl (C=O) groups excluding carboxylic acids is 1. The van der Waals surface area contributed by atoms with E-state index >= 15 is 0 Å². The van der Waals surface area contributed by atoms with Crippen LogP contribution in [-0.4, -0.2) is 18.1 Å². The van der Waals surface area contributed by atoms with Crippen molar-refractivity contribution in [2.45, 2.75) is 0 Å². The molecule has 2 N–H and O–H groups in total. The summed E-state index contributed by atoms with van der Waals surface area (Å²) in [5, 5.41) is 15.9. The number of rotatable bonds is 5. The van der Waals surface area contributed by atoms with Crippen molar-refractivity contribution < 1.29 is 14.6 Å². The van der Waals surface area contributed by atoms with E-state index in [2.05, 4.69) is 11.9 Å². The number of aliphatic hydroxyl groups excluding tert-OH is 1. The second-order valence-electron chi connectivity index (χ2n) is 5.49. The number of carbonyl (C=O) groups is 1. The van der Waals surface area contributed by atoms with Gasteiger partial charge in [-0.3, -0.25) is 4.79 Å². The lowest BCUT2D eigenvalue weighted by molar-refractivity contribution is 0.102. The van der Waals surface area contributed by atoms with Crippen LogP contribution in [0.3, 0.4) is 0 Å². The van der Waals surface area contributed by atoms with Gasteiger partial charge in [0.05, 0.1) is 12.7 Å². The molecule has 4 nitrogen and oxygen atoms in total. The van der Waals surface area contributed by atoms with Crippen LogP contribution in [0.2, 0.25) is 5.02 Å². The number of methoxy groups -OCH3 is 1. The zero-order valence-corrected chi connectivity index (χ0v) is 15.5. The van der Waals surface area contributed by atoms with Gasteiger partial charge in [-0.1, -0.05) is 30.3 Å². The highest BCUT2D eigenvalue weighted by atomic mass is 35.5. The Morgan fingerprint density at radius 3 is 2.38 bits per heavy atom. The maximum absolute atomic E-state index is 12.5. The highest BCUT2D eigenvalue weighted by Gasteiger charge is 2.18. The molecule has 0 aliphatic rings. The topological polar surface area (TPSA) is 58.6 Å². The number of nitrogens with one attached hydrogen (secondary N) is 1. The molecule has 0 spiro atoms. The predicted octanol–water partition coefficient (Wildman–Crippen LogP) is 5.86. The van der Waals surface area contributed by atoms with Gasteiger partial charge in [-0.25, -0.2) is 0 Å². The summed E-state index contributed by atoms with van der Waals surface area (Å²) in [6.45, 7) is 3.63. The minimum atomic E-state index is -0.278. The Bertz CT molecular complexity index is 946. The lowest BCUT2D eigenvalue weighted by Gasteiger charge is -2.09. The summed E-state index contributed by atoms with van der Waals surface area (Å²) >= 11 is 7.26. The lowest BCUT2D eigenvalue weighted by atomic mass is 10.0. The average molecular weight is 386 g/mol. The van der Waals surface area contributed by atoms with Crippen LogP contribution in [-0.2, 0) is 0 Å². The van der Waals surface area contributed by atoms with E-state index in [0.29, 0.717) is 26.9 Å². The van der Waals surface area contributed by atoms with Crippen LogP contribution in [0.15, 0.2) is 60.5 Å². The minimum Gasteiger partial charge on any atom is -0.508 e.